The minimum Gasteiger partial charge on any atom is -0.379 e. The van der Waals surface area contributed by atoms with Crippen molar-refractivity contribution in [2.75, 3.05) is 39.3 Å². The number of piperazine rings is 1. The molecule has 1 aliphatic heterocycles. The van der Waals surface area contributed by atoms with Gasteiger partial charge in [-0.1, -0.05) is 45.5 Å². The van der Waals surface area contributed by atoms with E-state index in [9.17, 15) is 4.79 Å². The van der Waals surface area contributed by atoms with Crippen LogP contribution in [0.1, 0.15) is 66.2 Å². The van der Waals surface area contributed by atoms with E-state index in [4.69, 9.17) is 4.74 Å². The first kappa shape index (κ1) is 22.0. The molecule has 0 N–H and O–H groups in total. The summed E-state index contributed by atoms with van der Waals surface area (Å²) in [6.45, 7) is 13.8. The Bertz CT molecular complexity index is 417. The molecule has 4 heteroatoms. The monoisotopic (exact) mass is 350 g/mol. The second kappa shape index (κ2) is 13.2. The lowest BCUT2D eigenvalue weighted by Crippen LogP contribution is -2.48. The number of nitrogens with zero attached hydrogens (tertiary/aromatic N) is 2. The van der Waals surface area contributed by atoms with Crippen LogP contribution in [0.4, 0.5) is 0 Å². The third-order valence-electron chi connectivity index (χ3n) is 4.68. The Kier molecular flexibility index (Phi) is 11.6. The Morgan fingerprint density at radius 2 is 1.72 bits per heavy atom. The average molecular weight is 351 g/mol. The summed E-state index contributed by atoms with van der Waals surface area (Å²) in [4.78, 5) is 16.6. The van der Waals surface area contributed by atoms with Crippen molar-refractivity contribution in [3.05, 3.63) is 0 Å². The lowest BCUT2D eigenvalue weighted by molar-refractivity contribution is -0.133. The van der Waals surface area contributed by atoms with Crippen LogP contribution in [0.25, 0.3) is 0 Å². The molecule has 0 aromatic heterocycles. The Hall–Kier alpha value is -1.05. The minimum atomic E-state index is 0.323. The van der Waals surface area contributed by atoms with E-state index < -0.39 is 0 Å². The zero-order chi connectivity index (χ0) is 18.5. The highest BCUT2D eigenvalue weighted by Crippen LogP contribution is 2.09. The van der Waals surface area contributed by atoms with Crippen molar-refractivity contribution in [2.45, 2.75) is 72.3 Å². The number of ether oxygens (including phenoxy) is 1. The van der Waals surface area contributed by atoms with Crippen molar-refractivity contribution < 1.29 is 9.53 Å². The van der Waals surface area contributed by atoms with Crippen LogP contribution in [0.15, 0.2) is 0 Å². The van der Waals surface area contributed by atoms with Crippen LogP contribution in [0.2, 0.25) is 0 Å². The Morgan fingerprint density at radius 1 is 1.04 bits per heavy atom. The quantitative estimate of drug-likeness (QED) is 0.446. The van der Waals surface area contributed by atoms with Gasteiger partial charge in [0.25, 0.3) is 0 Å². The maximum Gasteiger partial charge on any atom is 0.222 e. The molecule has 1 aliphatic rings. The number of carbonyl (C=O) groups is 1. The van der Waals surface area contributed by atoms with Crippen LogP contribution in [0.5, 0.6) is 0 Å². The molecular formula is C21H38N2O2. The molecule has 0 saturated carbocycles. The average Bonchev–Trinajstić information content (AvgIpc) is 2.60. The Morgan fingerprint density at radius 3 is 2.36 bits per heavy atom. The van der Waals surface area contributed by atoms with Crippen LogP contribution < -0.4 is 0 Å². The van der Waals surface area contributed by atoms with Gasteiger partial charge in [-0.2, -0.15) is 0 Å². The van der Waals surface area contributed by atoms with Crippen molar-refractivity contribution in [3.63, 3.8) is 0 Å². The number of hydrogen-bond acceptors (Lipinski definition) is 3. The standard InChI is InChI=1S/C21H38N2O2/c1-5-20(4)25-18-9-7-6-8-12-21(24)23-16-14-22(15-17-23)13-10-11-19(2)3/h19-20H,5-9,12-18H2,1-4H3. The van der Waals surface area contributed by atoms with Crippen LogP contribution in [0, 0.1) is 17.8 Å². The molecular weight excluding hydrogens is 312 g/mol. The zero-order valence-electron chi connectivity index (χ0n) is 16.9. The van der Waals surface area contributed by atoms with Crippen LogP contribution in [0.3, 0.4) is 0 Å². The first-order valence-electron chi connectivity index (χ1n) is 10.1. The fraction of sp³-hybridized carbons (Fsp3) is 0.857. The minimum absolute atomic E-state index is 0.323. The summed E-state index contributed by atoms with van der Waals surface area (Å²) in [7, 11) is 0. The van der Waals surface area contributed by atoms with Crippen LogP contribution in [-0.4, -0.2) is 61.1 Å². The summed E-state index contributed by atoms with van der Waals surface area (Å²) >= 11 is 0. The fourth-order valence-corrected chi connectivity index (χ4v) is 2.81. The van der Waals surface area contributed by atoms with Gasteiger partial charge in [0.15, 0.2) is 0 Å². The van der Waals surface area contributed by atoms with Gasteiger partial charge in [0.05, 0.1) is 12.6 Å². The van der Waals surface area contributed by atoms with Gasteiger partial charge in [-0.3, -0.25) is 9.69 Å². The summed E-state index contributed by atoms with van der Waals surface area (Å²) < 4.78 is 5.68. The predicted octanol–water partition coefficient (Wildman–Crippen LogP) is 3.56. The molecule has 1 fully saturated rings. The molecule has 0 aromatic rings. The number of hydrogen-bond donors (Lipinski definition) is 0. The van der Waals surface area contributed by atoms with Gasteiger partial charge in [-0.25, -0.2) is 0 Å². The van der Waals surface area contributed by atoms with Crippen molar-refractivity contribution in [1.82, 2.24) is 9.80 Å². The highest BCUT2D eigenvalue weighted by atomic mass is 16.5. The van der Waals surface area contributed by atoms with Gasteiger partial charge in [-0.15, -0.1) is 0 Å². The number of unbranched alkanes of at least 4 members (excludes halogenated alkanes) is 3. The molecule has 1 unspecified atom stereocenters. The largest absolute Gasteiger partial charge is 0.379 e. The summed E-state index contributed by atoms with van der Waals surface area (Å²) in [5.41, 5.74) is 0. The summed E-state index contributed by atoms with van der Waals surface area (Å²) in [5.74, 6) is 7.19. The highest BCUT2D eigenvalue weighted by molar-refractivity contribution is 5.76. The third-order valence-corrected chi connectivity index (χ3v) is 4.68. The molecule has 0 spiro atoms. The molecule has 0 aliphatic carbocycles. The summed E-state index contributed by atoms with van der Waals surface area (Å²) in [6.07, 6.45) is 6.53. The van der Waals surface area contributed by atoms with Gasteiger partial charge in [0, 0.05) is 45.1 Å². The number of carbonyl (C=O) groups excluding carboxylic acids is 1. The SMILES string of the molecule is CCC(C)OCCCCCCC(=O)N1CCN(CC#CC(C)C)CC1. The van der Waals surface area contributed by atoms with E-state index in [0.29, 0.717) is 24.3 Å². The Labute approximate surface area is 155 Å². The normalized spacial score (nSPS) is 16.6. The second-order valence-electron chi connectivity index (χ2n) is 7.39. The topological polar surface area (TPSA) is 32.8 Å². The summed E-state index contributed by atoms with van der Waals surface area (Å²) in [6, 6.07) is 0. The van der Waals surface area contributed by atoms with E-state index in [1.165, 1.54) is 0 Å². The lowest BCUT2D eigenvalue weighted by atomic mass is 10.1. The van der Waals surface area contributed by atoms with Gasteiger partial charge in [-0.05, 0) is 26.2 Å². The maximum atomic E-state index is 12.3. The molecule has 0 aromatic carbocycles. The Balaban J connectivity index is 2.04. The van der Waals surface area contributed by atoms with Crippen molar-refractivity contribution in [3.8, 4) is 11.8 Å². The molecule has 0 radical (unpaired) electrons. The molecule has 1 saturated heterocycles. The van der Waals surface area contributed by atoms with Crippen LogP contribution >= 0.6 is 0 Å². The highest BCUT2D eigenvalue weighted by Gasteiger charge is 2.19. The molecule has 1 rings (SSSR count). The van der Waals surface area contributed by atoms with E-state index in [1.54, 1.807) is 0 Å². The third kappa shape index (κ3) is 10.5. The molecule has 4 nitrogen and oxygen atoms in total. The molecule has 1 amide bonds. The van der Waals surface area contributed by atoms with E-state index >= 15 is 0 Å². The van der Waals surface area contributed by atoms with Gasteiger partial charge in [0.1, 0.15) is 0 Å². The molecule has 144 valence electrons. The van der Waals surface area contributed by atoms with E-state index in [2.05, 4.69) is 44.4 Å². The first-order chi connectivity index (χ1) is 12.0. The molecule has 1 heterocycles. The van der Waals surface area contributed by atoms with Crippen molar-refractivity contribution in [2.24, 2.45) is 5.92 Å². The van der Waals surface area contributed by atoms with Gasteiger partial charge < -0.3 is 9.64 Å². The van der Waals surface area contributed by atoms with Gasteiger partial charge in [0.2, 0.25) is 5.91 Å². The molecule has 1 atom stereocenters. The van der Waals surface area contributed by atoms with Crippen molar-refractivity contribution in [1.29, 1.82) is 0 Å². The second-order valence-corrected chi connectivity index (χ2v) is 7.39. The summed E-state index contributed by atoms with van der Waals surface area (Å²) in [5, 5.41) is 0. The van der Waals surface area contributed by atoms with Crippen molar-refractivity contribution >= 4 is 5.91 Å². The lowest BCUT2D eigenvalue weighted by Gasteiger charge is -2.33. The van der Waals surface area contributed by atoms with E-state index in [-0.39, 0.29) is 0 Å². The molecule has 25 heavy (non-hydrogen) atoms. The van der Waals surface area contributed by atoms with E-state index in [0.717, 1.165) is 71.4 Å². The fourth-order valence-electron chi connectivity index (χ4n) is 2.81. The maximum absolute atomic E-state index is 12.3. The smallest absolute Gasteiger partial charge is 0.222 e. The first-order valence-corrected chi connectivity index (χ1v) is 10.1. The van der Waals surface area contributed by atoms with Crippen LogP contribution in [-0.2, 0) is 9.53 Å². The van der Waals surface area contributed by atoms with E-state index in [1.807, 2.05) is 4.90 Å². The van der Waals surface area contributed by atoms with Gasteiger partial charge >= 0.3 is 0 Å². The number of rotatable bonds is 10. The predicted molar refractivity (Wildman–Crippen MR) is 104 cm³/mol. The zero-order valence-corrected chi connectivity index (χ0v) is 16.9. The number of amides is 1. The molecule has 0 bridgehead atoms.